The number of anilines is 1. The molecule has 0 bridgehead atoms. The van der Waals surface area contributed by atoms with Gasteiger partial charge < -0.3 is 14.8 Å². The first-order chi connectivity index (χ1) is 13.5. The van der Waals surface area contributed by atoms with Gasteiger partial charge in [-0.05, 0) is 25.0 Å². The number of ether oxygens (including phenoxy) is 2. The standard InChI is InChI=1S/C19H23N3O6/c1-27-9-3-10-28-11-8-20-13-5-2-4-12-16(13)19(26)22(18(12)25)14-6-7-15(23)21-17(14)24/h2,4-5,14,20H,3,6-11H2,1H3,(H,21,23,24). The van der Waals surface area contributed by atoms with Crippen LogP contribution in [-0.2, 0) is 19.1 Å². The summed E-state index contributed by atoms with van der Waals surface area (Å²) in [6, 6.07) is 3.98. The molecule has 1 unspecified atom stereocenters. The fourth-order valence-corrected chi connectivity index (χ4v) is 3.33. The van der Waals surface area contributed by atoms with Crippen molar-refractivity contribution in [2.24, 2.45) is 0 Å². The summed E-state index contributed by atoms with van der Waals surface area (Å²) in [7, 11) is 1.63. The molecule has 3 rings (SSSR count). The number of benzene rings is 1. The lowest BCUT2D eigenvalue weighted by Crippen LogP contribution is -2.54. The van der Waals surface area contributed by atoms with E-state index in [2.05, 4.69) is 10.6 Å². The monoisotopic (exact) mass is 389 g/mol. The average Bonchev–Trinajstić information content (AvgIpc) is 2.93. The third-order valence-electron chi connectivity index (χ3n) is 4.67. The quantitative estimate of drug-likeness (QED) is 0.468. The Morgan fingerprint density at radius 2 is 1.96 bits per heavy atom. The van der Waals surface area contributed by atoms with Crippen molar-refractivity contribution in [3.05, 3.63) is 29.3 Å². The van der Waals surface area contributed by atoms with Gasteiger partial charge in [0, 0.05) is 39.0 Å². The largest absolute Gasteiger partial charge is 0.385 e. The predicted molar refractivity (Wildman–Crippen MR) is 98.9 cm³/mol. The predicted octanol–water partition coefficient (Wildman–Crippen LogP) is 0.553. The van der Waals surface area contributed by atoms with Crippen LogP contribution in [0.15, 0.2) is 18.2 Å². The highest BCUT2D eigenvalue weighted by molar-refractivity contribution is 6.25. The summed E-state index contributed by atoms with van der Waals surface area (Å²) in [5, 5.41) is 5.30. The number of rotatable bonds is 9. The first-order valence-electron chi connectivity index (χ1n) is 9.19. The molecule has 0 aromatic heterocycles. The zero-order chi connectivity index (χ0) is 20.1. The second-order valence-corrected chi connectivity index (χ2v) is 6.56. The second-order valence-electron chi connectivity index (χ2n) is 6.56. The van der Waals surface area contributed by atoms with Crippen molar-refractivity contribution in [3.8, 4) is 0 Å². The van der Waals surface area contributed by atoms with E-state index in [4.69, 9.17) is 9.47 Å². The molecule has 9 heteroatoms. The number of hydrogen-bond donors (Lipinski definition) is 2. The molecule has 1 saturated heterocycles. The number of fused-ring (bicyclic) bond motifs is 1. The second kappa shape index (κ2) is 8.94. The third kappa shape index (κ3) is 4.05. The van der Waals surface area contributed by atoms with E-state index in [1.54, 1.807) is 25.3 Å². The molecular formula is C19H23N3O6. The van der Waals surface area contributed by atoms with E-state index in [0.29, 0.717) is 32.1 Å². The number of amides is 4. The molecule has 0 aliphatic carbocycles. The fourth-order valence-electron chi connectivity index (χ4n) is 3.33. The topological polar surface area (TPSA) is 114 Å². The molecule has 2 aliphatic rings. The maximum absolute atomic E-state index is 12.9. The van der Waals surface area contributed by atoms with Crippen molar-refractivity contribution < 1.29 is 28.7 Å². The van der Waals surface area contributed by atoms with E-state index in [1.807, 2.05) is 0 Å². The summed E-state index contributed by atoms with van der Waals surface area (Å²) < 4.78 is 10.4. The third-order valence-corrected chi connectivity index (χ3v) is 4.67. The molecule has 1 aromatic rings. The van der Waals surface area contributed by atoms with Crippen LogP contribution in [0.3, 0.4) is 0 Å². The van der Waals surface area contributed by atoms with Crippen molar-refractivity contribution in [3.63, 3.8) is 0 Å². The molecule has 1 fully saturated rings. The molecule has 4 amide bonds. The molecule has 150 valence electrons. The number of carbonyl (C=O) groups is 4. The van der Waals surface area contributed by atoms with Crippen LogP contribution < -0.4 is 10.6 Å². The maximum Gasteiger partial charge on any atom is 0.264 e. The Morgan fingerprint density at radius 3 is 2.71 bits per heavy atom. The van der Waals surface area contributed by atoms with E-state index in [-0.39, 0.29) is 24.0 Å². The van der Waals surface area contributed by atoms with Crippen LogP contribution in [0.25, 0.3) is 0 Å². The van der Waals surface area contributed by atoms with Crippen LogP contribution in [0.2, 0.25) is 0 Å². The van der Waals surface area contributed by atoms with Crippen LogP contribution in [0, 0.1) is 0 Å². The van der Waals surface area contributed by atoms with Crippen molar-refractivity contribution in [2.75, 3.05) is 38.8 Å². The SMILES string of the molecule is COCCCOCCNc1cccc2c1C(=O)N(C1CCC(=O)NC1=O)C2=O. The normalized spacial score (nSPS) is 19.0. The van der Waals surface area contributed by atoms with E-state index < -0.39 is 29.7 Å². The summed E-state index contributed by atoms with van der Waals surface area (Å²) in [4.78, 5) is 50.1. The molecule has 2 N–H and O–H groups in total. The molecule has 0 saturated carbocycles. The van der Waals surface area contributed by atoms with Gasteiger partial charge in [0.05, 0.1) is 17.7 Å². The van der Waals surface area contributed by atoms with Crippen molar-refractivity contribution in [1.29, 1.82) is 0 Å². The van der Waals surface area contributed by atoms with E-state index in [1.165, 1.54) is 0 Å². The van der Waals surface area contributed by atoms with Crippen LogP contribution in [0.1, 0.15) is 40.0 Å². The van der Waals surface area contributed by atoms with Crippen LogP contribution >= 0.6 is 0 Å². The minimum absolute atomic E-state index is 0.0926. The van der Waals surface area contributed by atoms with Crippen molar-refractivity contribution in [2.45, 2.75) is 25.3 Å². The number of nitrogens with zero attached hydrogens (tertiary/aromatic N) is 1. The van der Waals surface area contributed by atoms with Crippen molar-refractivity contribution in [1.82, 2.24) is 10.2 Å². The minimum atomic E-state index is -0.970. The number of hydrogen-bond acceptors (Lipinski definition) is 7. The van der Waals surface area contributed by atoms with Crippen molar-refractivity contribution >= 4 is 29.3 Å². The molecule has 1 aromatic carbocycles. The van der Waals surface area contributed by atoms with Gasteiger partial charge in [0.25, 0.3) is 11.8 Å². The highest BCUT2D eigenvalue weighted by Gasteiger charge is 2.45. The average molecular weight is 389 g/mol. The number of methoxy groups -OCH3 is 1. The Bertz CT molecular complexity index is 794. The summed E-state index contributed by atoms with van der Waals surface area (Å²) in [6.07, 6.45) is 1.02. The molecular weight excluding hydrogens is 366 g/mol. The van der Waals surface area contributed by atoms with Gasteiger partial charge in [-0.2, -0.15) is 0 Å². The molecule has 2 heterocycles. The summed E-state index contributed by atoms with van der Waals surface area (Å²) in [5.74, 6) is -2.07. The zero-order valence-electron chi connectivity index (χ0n) is 15.7. The zero-order valence-corrected chi connectivity index (χ0v) is 15.7. The highest BCUT2D eigenvalue weighted by atomic mass is 16.5. The van der Waals surface area contributed by atoms with Gasteiger partial charge in [0.15, 0.2) is 0 Å². The lowest BCUT2D eigenvalue weighted by Gasteiger charge is -2.27. The molecule has 1 atom stereocenters. The Balaban J connectivity index is 1.66. The highest BCUT2D eigenvalue weighted by Crippen LogP contribution is 2.32. The fraction of sp³-hybridized carbons (Fsp3) is 0.474. The van der Waals surface area contributed by atoms with Crippen LogP contribution in [0.5, 0.6) is 0 Å². The van der Waals surface area contributed by atoms with Crippen LogP contribution in [-0.4, -0.2) is 68.0 Å². The minimum Gasteiger partial charge on any atom is -0.385 e. The van der Waals surface area contributed by atoms with E-state index in [9.17, 15) is 19.2 Å². The lowest BCUT2D eigenvalue weighted by atomic mass is 10.0. The van der Waals surface area contributed by atoms with E-state index in [0.717, 1.165) is 11.3 Å². The molecule has 28 heavy (non-hydrogen) atoms. The van der Waals surface area contributed by atoms with Gasteiger partial charge in [0.1, 0.15) is 6.04 Å². The van der Waals surface area contributed by atoms with Gasteiger partial charge in [-0.3, -0.25) is 29.4 Å². The Morgan fingerprint density at radius 1 is 1.14 bits per heavy atom. The number of carbonyl (C=O) groups excluding carboxylic acids is 4. The number of piperidine rings is 1. The first kappa shape index (κ1) is 20.0. The molecule has 0 radical (unpaired) electrons. The lowest BCUT2D eigenvalue weighted by molar-refractivity contribution is -0.136. The molecule has 2 aliphatic heterocycles. The number of imide groups is 2. The summed E-state index contributed by atoms with van der Waals surface area (Å²) in [6.45, 7) is 2.10. The van der Waals surface area contributed by atoms with Gasteiger partial charge in [0.2, 0.25) is 11.8 Å². The number of nitrogens with one attached hydrogen (secondary N) is 2. The Labute approximate surface area is 162 Å². The Kier molecular flexibility index (Phi) is 6.37. The smallest absolute Gasteiger partial charge is 0.264 e. The molecule has 0 spiro atoms. The van der Waals surface area contributed by atoms with Crippen LogP contribution in [0.4, 0.5) is 5.69 Å². The van der Waals surface area contributed by atoms with E-state index >= 15 is 0 Å². The van der Waals surface area contributed by atoms with Gasteiger partial charge >= 0.3 is 0 Å². The van der Waals surface area contributed by atoms with Gasteiger partial charge in [-0.1, -0.05) is 6.07 Å². The summed E-state index contributed by atoms with van der Waals surface area (Å²) >= 11 is 0. The first-order valence-corrected chi connectivity index (χ1v) is 9.19. The molecule has 9 nitrogen and oxygen atoms in total. The van der Waals surface area contributed by atoms with Gasteiger partial charge in [-0.15, -0.1) is 0 Å². The summed E-state index contributed by atoms with van der Waals surface area (Å²) in [5.41, 5.74) is 1.02. The van der Waals surface area contributed by atoms with Gasteiger partial charge in [-0.25, -0.2) is 0 Å². The Hall–Kier alpha value is -2.78. The maximum atomic E-state index is 12.9.